The summed E-state index contributed by atoms with van der Waals surface area (Å²) in [6.07, 6.45) is 33.3. The number of aliphatic hydroxyl groups excluding tert-OH is 3. The zero-order valence-corrected chi connectivity index (χ0v) is 27.7. The summed E-state index contributed by atoms with van der Waals surface area (Å²) in [5.74, 6) is -0.145. The van der Waals surface area contributed by atoms with Crippen molar-refractivity contribution >= 4 is 5.91 Å². The zero-order valence-electron chi connectivity index (χ0n) is 27.7. The molecule has 0 aromatic rings. The minimum absolute atomic E-state index is 0.145. The van der Waals surface area contributed by atoms with Crippen LogP contribution in [0.1, 0.15) is 200 Å². The maximum Gasteiger partial charge on any atom is 0.220 e. The summed E-state index contributed by atoms with van der Waals surface area (Å²) in [6.45, 7) is 4.16. The molecule has 0 rings (SSSR count). The van der Waals surface area contributed by atoms with E-state index in [1.807, 2.05) is 0 Å². The van der Waals surface area contributed by atoms with Gasteiger partial charge in [0.25, 0.3) is 0 Å². The molecule has 0 saturated heterocycles. The Kier molecular flexibility index (Phi) is 31.8. The van der Waals surface area contributed by atoms with Gasteiger partial charge in [0.05, 0.1) is 18.8 Å². The standard InChI is InChI=1S/C36H73NO4/c1-3-5-7-9-11-13-15-16-17-18-19-21-22-24-26-28-30-34(39)36(41)33(32-38)37-35(40)31-29-27-25-23-20-14-12-10-8-6-4-2/h33-34,36,38-39,41H,3-32H2,1-2H3,(H,37,40)/t33-,34+,36-/m0/s1. The summed E-state index contributed by atoms with van der Waals surface area (Å²) in [5, 5.41) is 33.3. The van der Waals surface area contributed by atoms with Crippen LogP contribution in [0, 0.1) is 0 Å². The first-order valence-corrected chi connectivity index (χ1v) is 18.3. The van der Waals surface area contributed by atoms with Crippen molar-refractivity contribution in [1.29, 1.82) is 0 Å². The highest BCUT2D eigenvalue weighted by Crippen LogP contribution is 2.16. The smallest absolute Gasteiger partial charge is 0.220 e. The molecule has 1 amide bonds. The van der Waals surface area contributed by atoms with Gasteiger partial charge in [-0.25, -0.2) is 0 Å². The summed E-state index contributed by atoms with van der Waals surface area (Å²) in [6, 6.07) is -0.800. The van der Waals surface area contributed by atoms with Crippen molar-refractivity contribution in [3.63, 3.8) is 0 Å². The number of unbranched alkanes of at least 4 members (excludes halogenated alkanes) is 25. The molecule has 0 radical (unpaired) electrons. The third-order valence-corrected chi connectivity index (χ3v) is 8.71. The van der Waals surface area contributed by atoms with Crippen LogP contribution in [0.5, 0.6) is 0 Å². The van der Waals surface area contributed by atoms with Crippen molar-refractivity contribution in [3.8, 4) is 0 Å². The summed E-state index contributed by atoms with van der Waals surface area (Å²) < 4.78 is 0. The van der Waals surface area contributed by atoms with Crippen LogP contribution < -0.4 is 5.32 Å². The second-order valence-corrected chi connectivity index (χ2v) is 12.8. The second kappa shape index (κ2) is 32.3. The number of carbonyl (C=O) groups excluding carboxylic acids is 1. The van der Waals surface area contributed by atoms with E-state index in [0.717, 1.165) is 32.1 Å². The lowest BCUT2D eigenvalue weighted by Crippen LogP contribution is -2.50. The molecule has 0 aliphatic carbocycles. The van der Waals surface area contributed by atoms with E-state index in [2.05, 4.69) is 19.2 Å². The Morgan fingerprint density at radius 2 is 0.829 bits per heavy atom. The summed E-state index contributed by atoms with van der Waals surface area (Å²) >= 11 is 0. The zero-order chi connectivity index (χ0) is 30.2. The fourth-order valence-corrected chi connectivity index (χ4v) is 5.81. The number of aliphatic hydroxyl groups is 3. The average Bonchev–Trinajstić information content (AvgIpc) is 2.97. The number of amides is 1. The molecule has 0 fully saturated rings. The van der Waals surface area contributed by atoms with E-state index in [1.165, 1.54) is 141 Å². The Bertz CT molecular complexity index is 530. The molecule has 246 valence electrons. The Morgan fingerprint density at radius 3 is 1.17 bits per heavy atom. The fraction of sp³-hybridized carbons (Fsp3) is 0.972. The van der Waals surface area contributed by atoms with Gasteiger partial charge in [-0.2, -0.15) is 0 Å². The van der Waals surface area contributed by atoms with Gasteiger partial charge >= 0.3 is 0 Å². The van der Waals surface area contributed by atoms with Gasteiger partial charge in [0.1, 0.15) is 6.10 Å². The van der Waals surface area contributed by atoms with E-state index in [0.29, 0.717) is 12.8 Å². The highest BCUT2D eigenvalue weighted by molar-refractivity contribution is 5.76. The maximum atomic E-state index is 12.3. The van der Waals surface area contributed by atoms with Gasteiger partial charge in [-0.05, 0) is 12.8 Å². The summed E-state index contributed by atoms with van der Waals surface area (Å²) in [4.78, 5) is 12.3. The summed E-state index contributed by atoms with van der Waals surface area (Å²) in [7, 11) is 0. The van der Waals surface area contributed by atoms with Crippen LogP contribution >= 0.6 is 0 Å². The van der Waals surface area contributed by atoms with Gasteiger partial charge in [-0.1, -0.05) is 181 Å². The van der Waals surface area contributed by atoms with Crippen LogP contribution in [-0.2, 0) is 4.79 Å². The van der Waals surface area contributed by atoms with E-state index in [-0.39, 0.29) is 12.5 Å². The van der Waals surface area contributed by atoms with Crippen LogP contribution in [-0.4, -0.2) is 46.1 Å². The lowest BCUT2D eigenvalue weighted by atomic mass is 9.99. The first-order valence-electron chi connectivity index (χ1n) is 18.3. The number of rotatable bonds is 33. The van der Waals surface area contributed by atoms with E-state index >= 15 is 0 Å². The first-order chi connectivity index (χ1) is 20.1. The Labute approximate surface area is 256 Å². The minimum atomic E-state index is -1.13. The van der Waals surface area contributed by atoms with Crippen LogP contribution in [0.3, 0.4) is 0 Å². The van der Waals surface area contributed by atoms with Crippen molar-refractivity contribution in [2.24, 2.45) is 0 Å². The van der Waals surface area contributed by atoms with Gasteiger partial charge in [0.15, 0.2) is 0 Å². The van der Waals surface area contributed by atoms with Crippen molar-refractivity contribution in [1.82, 2.24) is 5.32 Å². The van der Waals surface area contributed by atoms with Crippen LogP contribution in [0.4, 0.5) is 0 Å². The van der Waals surface area contributed by atoms with E-state index in [9.17, 15) is 20.1 Å². The Morgan fingerprint density at radius 1 is 0.512 bits per heavy atom. The van der Waals surface area contributed by atoms with Gasteiger partial charge in [-0.15, -0.1) is 0 Å². The highest BCUT2D eigenvalue weighted by Gasteiger charge is 2.26. The van der Waals surface area contributed by atoms with E-state index < -0.39 is 18.2 Å². The molecule has 5 heteroatoms. The first kappa shape index (κ1) is 40.4. The second-order valence-electron chi connectivity index (χ2n) is 12.8. The third kappa shape index (κ3) is 27.9. The van der Waals surface area contributed by atoms with Crippen LogP contribution in [0.2, 0.25) is 0 Å². The summed E-state index contributed by atoms with van der Waals surface area (Å²) in [5.41, 5.74) is 0. The number of hydrogen-bond acceptors (Lipinski definition) is 4. The van der Waals surface area contributed by atoms with Gasteiger partial charge in [0, 0.05) is 6.42 Å². The number of nitrogens with one attached hydrogen (secondary N) is 1. The molecule has 3 atom stereocenters. The van der Waals surface area contributed by atoms with Gasteiger partial charge in [0.2, 0.25) is 5.91 Å². The molecule has 5 nitrogen and oxygen atoms in total. The molecule has 0 aromatic heterocycles. The van der Waals surface area contributed by atoms with Gasteiger partial charge in [-0.3, -0.25) is 4.79 Å². The third-order valence-electron chi connectivity index (χ3n) is 8.71. The molecular formula is C36H73NO4. The molecule has 0 aliphatic rings. The molecule has 0 unspecified atom stereocenters. The normalized spacial score (nSPS) is 13.8. The molecule has 0 heterocycles. The minimum Gasteiger partial charge on any atom is -0.394 e. The topological polar surface area (TPSA) is 89.8 Å². The molecule has 0 spiro atoms. The van der Waals surface area contributed by atoms with Crippen molar-refractivity contribution in [3.05, 3.63) is 0 Å². The maximum absolute atomic E-state index is 12.3. The van der Waals surface area contributed by atoms with E-state index in [4.69, 9.17) is 0 Å². The predicted molar refractivity (Wildman–Crippen MR) is 176 cm³/mol. The van der Waals surface area contributed by atoms with Crippen molar-refractivity contribution in [2.75, 3.05) is 6.61 Å². The Balaban J connectivity index is 3.65. The largest absolute Gasteiger partial charge is 0.394 e. The fourth-order valence-electron chi connectivity index (χ4n) is 5.81. The van der Waals surface area contributed by atoms with Crippen molar-refractivity contribution < 1.29 is 20.1 Å². The van der Waals surface area contributed by atoms with Crippen molar-refractivity contribution in [2.45, 2.75) is 218 Å². The molecular weight excluding hydrogens is 510 g/mol. The lowest BCUT2D eigenvalue weighted by Gasteiger charge is -2.26. The Hall–Kier alpha value is -0.650. The number of hydrogen-bond donors (Lipinski definition) is 4. The highest BCUT2D eigenvalue weighted by atomic mass is 16.3. The molecule has 41 heavy (non-hydrogen) atoms. The molecule has 0 saturated carbocycles. The molecule has 0 bridgehead atoms. The van der Waals surface area contributed by atoms with Crippen LogP contribution in [0.25, 0.3) is 0 Å². The van der Waals surface area contributed by atoms with Crippen LogP contribution in [0.15, 0.2) is 0 Å². The molecule has 0 aromatic carbocycles. The monoisotopic (exact) mass is 584 g/mol. The van der Waals surface area contributed by atoms with Gasteiger partial charge < -0.3 is 20.6 Å². The molecule has 0 aliphatic heterocycles. The lowest BCUT2D eigenvalue weighted by molar-refractivity contribution is -0.124. The molecule has 4 N–H and O–H groups in total. The SMILES string of the molecule is CCCCCCCCCCCCCCCCCC[C@@H](O)[C@@H](O)[C@H](CO)NC(=O)CCCCCCCCCCCCC. The predicted octanol–water partition coefficient (Wildman–Crippen LogP) is 9.54. The quantitative estimate of drug-likeness (QED) is 0.0579. The average molecular weight is 584 g/mol. The van der Waals surface area contributed by atoms with E-state index in [1.54, 1.807) is 0 Å². The number of carbonyl (C=O) groups is 1.